The first-order valence-corrected chi connectivity index (χ1v) is 8.84. The molecule has 0 unspecified atom stereocenters. The molecule has 26 heavy (non-hydrogen) atoms. The lowest BCUT2D eigenvalue weighted by atomic mass is 10.2. The predicted octanol–water partition coefficient (Wildman–Crippen LogP) is 4.44. The third-order valence-corrected chi connectivity index (χ3v) is 4.14. The average molecular weight is 376 g/mol. The summed E-state index contributed by atoms with van der Waals surface area (Å²) in [5, 5.41) is 5.11. The van der Waals surface area contributed by atoms with Gasteiger partial charge in [0.1, 0.15) is 18.0 Å². The molecule has 2 aromatic rings. The molecule has 0 saturated heterocycles. The molecule has 0 aromatic heterocycles. The average Bonchev–Trinajstić information content (AvgIpc) is 2.55. The third kappa shape index (κ3) is 6.40. The summed E-state index contributed by atoms with van der Waals surface area (Å²) < 4.78 is 18.9. The Morgan fingerprint density at radius 3 is 2.31 bits per heavy atom. The summed E-state index contributed by atoms with van der Waals surface area (Å²) in [5.41, 5.74) is -0.0967. The Bertz CT molecular complexity index is 790. The molecule has 0 fully saturated rings. The number of para-hydroxylation sites is 1. The quantitative estimate of drug-likeness (QED) is 0.810. The van der Waals surface area contributed by atoms with Gasteiger partial charge in [-0.1, -0.05) is 36.0 Å². The second-order valence-electron chi connectivity index (χ2n) is 6.43. The van der Waals surface area contributed by atoms with Gasteiger partial charge in [0.15, 0.2) is 0 Å². The number of benzene rings is 2. The van der Waals surface area contributed by atoms with Gasteiger partial charge in [-0.3, -0.25) is 4.79 Å². The van der Waals surface area contributed by atoms with E-state index in [1.54, 1.807) is 63.2 Å². The van der Waals surface area contributed by atoms with Crippen LogP contribution in [0, 0.1) is 5.82 Å². The van der Waals surface area contributed by atoms with E-state index in [0.717, 1.165) is 0 Å². The van der Waals surface area contributed by atoms with E-state index in [9.17, 15) is 14.0 Å². The molecule has 0 bridgehead atoms. The Morgan fingerprint density at radius 2 is 1.65 bits per heavy atom. The molecule has 0 heterocycles. The van der Waals surface area contributed by atoms with Gasteiger partial charge in [-0.25, -0.2) is 9.18 Å². The minimum Gasteiger partial charge on any atom is -0.444 e. The van der Waals surface area contributed by atoms with Gasteiger partial charge in [0, 0.05) is 9.79 Å². The van der Waals surface area contributed by atoms with Crippen LogP contribution in [0.15, 0.2) is 58.3 Å². The first-order valence-electron chi connectivity index (χ1n) is 8.03. The van der Waals surface area contributed by atoms with E-state index in [1.165, 1.54) is 17.8 Å². The Morgan fingerprint density at radius 1 is 1.04 bits per heavy atom. The molecule has 5 nitrogen and oxygen atoms in total. The van der Waals surface area contributed by atoms with Crippen molar-refractivity contribution >= 4 is 29.4 Å². The van der Waals surface area contributed by atoms with Crippen molar-refractivity contribution in [3.05, 3.63) is 54.3 Å². The molecule has 2 N–H and O–H groups in total. The van der Waals surface area contributed by atoms with E-state index in [-0.39, 0.29) is 12.4 Å². The third-order valence-electron chi connectivity index (χ3n) is 3.01. The number of anilines is 1. The molecule has 2 aromatic carbocycles. The van der Waals surface area contributed by atoms with Crippen molar-refractivity contribution in [3.63, 3.8) is 0 Å². The minimum absolute atomic E-state index is 0.229. The smallest absolute Gasteiger partial charge is 0.408 e. The zero-order chi connectivity index (χ0) is 19.2. The lowest BCUT2D eigenvalue weighted by molar-refractivity contribution is -0.115. The van der Waals surface area contributed by atoms with Crippen LogP contribution in [0.5, 0.6) is 0 Å². The van der Waals surface area contributed by atoms with Crippen molar-refractivity contribution in [2.24, 2.45) is 0 Å². The fourth-order valence-electron chi connectivity index (χ4n) is 1.97. The van der Waals surface area contributed by atoms with Crippen LogP contribution in [0.2, 0.25) is 0 Å². The number of nitrogens with one attached hydrogen (secondary N) is 2. The molecule has 2 amide bonds. The summed E-state index contributed by atoms with van der Waals surface area (Å²) >= 11 is 1.21. The number of alkyl carbamates (subject to hydrolysis) is 1. The molecular weight excluding hydrogens is 355 g/mol. The maximum Gasteiger partial charge on any atom is 0.408 e. The van der Waals surface area contributed by atoms with Crippen molar-refractivity contribution in [2.45, 2.75) is 36.2 Å². The van der Waals surface area contributed by atoms with Crippen LogP contribution in [0.1, 0.15) is 20.8 Å². The lowest BCUT2D eigenvalue weighted by Gasteiger charge is -2.19. The zero-order valence-corrected chi connectivity index (χ0v) is 15.7. The summed E-state index contributed by atoms with van der Waals surface area (Å²) in [6.07, 6.45) is -0.665. The first-order chi connectivity index (χ1) is 12.2. The highest BCUT2D eigenvalue weighted by Gasteiger charge is 2.17. The molecule has 7 heteroatoms. The van der Waals surface area contributed by atoms with Crippen molar-refractivity contribution in [1.29, 1.82) is 0 Å². The number of carbonyl (C=O) groups is 2. The fourth-order valence-corrected chi connectivity index (χ4v) is 2.89. The SMILES string of the molecule is CC(C)(C)OC(=O)NCC(=O)Nc1ccccc1Sc1ccccc1F. The molecular formula is C19H21FN2O3S. The first kappa shape index (κ1) is 19.8. The topological polar surface area (TPSA) is 67.4 Å². The molecule has 0 aliphatic heterocycles. The van der Waals surface area contributed by atoms with Crippen LogP contribution in [-0.4, -0.2) is 24.1 Å². The van der Waals surface area contributed by atoms with Gasteiger partial charge < -0.3 is 15.4 Å². The van der Waals surface area contributed by atoms with Crippen molar-refractivity contribution < 1.29 is 18.7 Å². The van der Waals surface area contributed by atoms with Gasteiger partial charge in [0.2, 0.25) is 5.91 Å². The summed E-state index contributed by atoms with van der Waals surface area (Å²) in [7, 11) is 0. The van der Waals surface area contributed by atoms with E-state index >= 15 is 0 Å². The van der Waals surface area contributed by atoms with E-state index < -0.39 is 17.6 Å². The number of ether oxygens (including phenoxy) is 1. The minimum atomic E-state index is -0.665. The van der Waals surface area contributed by atoms with Crippen molar-refractivity contribution in [1.82, 2.24) is 5.32 Å². The molecule has 0 radical (unpaired) electrons. The van der Waals surface area contributed by atoms with Gasteiger partial charge in [0.05, 0.1) is 5.69 Å². The second-order valence-corrected chi connectivity index (χ2v) is 7.52. The largest absolute Gasteiger partial charge is 0.444 e. The maximum atomic E-state index is 13.8. The van der Waals surface area contributed by atoms with Crippen LogP contribution in [-0.2, 0) is 9.53 Å². The van der Waals surface area contributed by atoms with Gasteiger partial charge in [-0.05, 0) is 45.0 Å². The van der Waals surface area contributed by atoms with Crippen LogP contribution in [0.25, 0.3) is 0 Å². The lowest BCUT2D eigenvalue weighted by Crippen LogP contribution is -2.37. The molecule has 138 valence electrons. The highest BCUT2D eigenvalue weighted by atomic mass is 32.2. The fraction of sp³-hybridized carbons (Fsp3) is 0.263. The number of hydrogen-bond donors (Lipinski definition) is 2. The highest BCUT2D eigenvalue weighted by molar-refractivity contribution is 7.99. The zero-order valence-electron chi connectivity index (χ0n) is 14.8. The molecule has 2 rings (SSSR count). The van der Waals surface area contributed by atoms with Crippen LogP contribution >= 0.6 is 11.8 Å². The monoisotopic (exact) mass is 376 g/mol. The van der Waals surface area contributed by atoms with Gasteiger partial charge in [-0.15, -0.1) is 0 Å². The van der Waals surface area contributed by atoms with Crippen LogP contribution < -0.4 is 10.6 Å². The van der Waals surface area contributed by atoms with Gasteiger partial charge in [-0.2, -0.15) is 0 Å². The van der Waals surface area contributed by atoms with Crippen molar-refractivity contribution in [3.8, 4) is 0 Å². The number of rotatable bonds is 5. The number of halogens is 1. The van der Waals surface area contributed by atoms with Crippen molar-refractivity contribution in [2.75, 3.05) is 11.9 Å². The van der Waals surface area contributed by atoms with E-state index in [2.05, 4.69) is 10.6 Å². The summed E-state index contributed by atoms with van der Waals surface area (Å²) in [5.74, 6) is -0.734. The van der Waals surface area contributed by atoms with Gasteiger partial charge in [0.25, 0.3) is 0 Å². The van der Waals surface area contributed by atoms with Crippen LogP contribution in [0.4, 0.5) is 14.9 Å². The molecule has 0 saturated carbocycles. The highest BCUT2D eigenvalue weighted by Crippen LogP contribution is 2.34. The number of carbonyl (C=O) groups excluding carboxylic acids is 2. The van der Waals surface area contributed by atoms with E-state index in [1.807, 2.05) is 0 Å². The normalized spacial score (nSPS) is 10.9. The Hall–Kier alpha value is -2.54. The van der Waals surface area contributed by atoms with Gasteiger partial charge >= 0.3 is 6.09 Å². The summed E-state index contributed by atoms with van der Waals surface area (Å²) in [4.78, 5) is 24.8. The molecule has 0 aliphatic carbocycles. The summed E-state index contributed by atoms with van der Waals surface area (Å²) in [6, 6.07) is 13.5. The number of amides is 2. The standard InChI is InChI=1S/C19H21FN2O3S/c1-19(2,3)25-18(24)21-12-17(23)22-14-9-5-7-11-16(14)26-15-10-6-4-8-13(15)20/h4-11H,12H2,1-3H3,(H,21,24)(H,22,23). The second kappa shape index (κ2) is 8.71. The maximum absolute atomic E-state index is 13.8. The Labute approximate surface area is 156 Å². The Balaban J connectivity index is 1.98. The van der Waals surface area contributed by atoms with E-state index in [4.69, 9.17) is 4.74 Å². The van der Waals surface area contributed by atoms with Crippen LogP contribution in [0.3, 0.4) is 0 Å². The number of hydrogen-bond acceptors (Lipinski definition) is 4. The summed E-state index contributed by atoms with van der Waals surface area (Å²) in [6.45, 7) is 4.99. The Kier molecular flexibility index (Phi) is 6.63. The molecule has 0 atom stereocenters. The predicted molar refractivity (Wildman–Crippen MR) is 99.8 cm³/mol. The molecule has 0 spiro atoms. The molecule has 0 aliphatic rings. The van der Waals surface area contributed by atoms with E-state index in [0.29, 0.717) is 15.5 Å².